The van der Waals surface area contributed by atoms with Crippen molar-refractivity contribution in [3.63, 3.8) is 0 Å². The number of hydrogen-bond acceptors (Lipinski definition) is 4. The Bertz CT molecular complexity index is 837. The fraction of sp³-hybridized carbons (Fsp3) is 0.214. The van der Waals surface area contributed by atoms with Crippen molar-refractivity contribution in [1.82, 2.24) is 9.78 Å². The number of halogens is 5. The van der Waals surface area contributed by atoms with Crippen LogP contribution in [-0.4, -0.2) is 28.3 Å². The SMILES string of the molecule is CCOC(=O)c1cc(C(=O)Nc2c(F)c(F)c(F)c(F)c2F)nn1C. The molecule has 0 aliphatic rings. The molecule has 0 atom stereocenters. The van der Waals surface area contributed by atoms with E-state index in [0.29, 0.717) is 0 Å². The molecule has 1 N–H and O–H groups in total. The zero-order chi connectivity index (χ0) is 18.9. The molecule has 0 radical (unpaired) electrons. The normalized spacial score (nSPS) is 10.7. The third-order valence-electron chi connectivity index (χ3n) is 3.05. The molecule has 2 rings (SSSR count). The van der Waals surface area contributed by atoms with Crippen LogP contribution in [0.4, 0.5) is 27.6 Å². The number of amides is 1. The topological polar surface area (TPSA) is 73.2 Å². The number of anilines is 1. The van der Waals surface area contributed by atoms with Gasteiger partial charge in [0, 0.05) is 13.1 Å². The lowest BCUT2D eigenvalue weighted by atomic mass is 10.2. The molecule has 1 amide bonds. The van der Waals surface area contributed by atoms with Gasteiger partial charge in [0.1, 0.15) is 11.4 Å². The Hall–Kier alpha value is -2.98. The van der Waals surface area contributed by atoms with E-state index in [9.17, 15) is 31.5 Å². The first kappa shape index (κ1) is 18.4. The summed E-state index contributed by atoms with van der Waals surface area (Å²) in [5, 5.41) is 5.18. The minimum Gasteiger partial charge on any atom is -0.461 e. The lowest BCUT2D eigenvalue weighted by molar-refractivity contribution is 0.0513. The van der Waals surface area contributed by atoms with Crippen LogP contribution in [-0.2, 0) is 11.8 Å². The van der Waals surface area contributed by atoms with Crippen molar-refractivity contribution >= 4 is 17.6 Å². The largest absolute Gasteiger partial charge is 0.461 e. The second kappa shape index (κ2) is 6.87. The number of carbonyl (C=O) groups excluding carboxylic acids is 2. The Kier molecular flexibility index (Phi) is 5.04. The number of nitrogens with one attached hydrogen (secondary N) is 1. The summed E-state index contributed by atoms with van der Waals surface area (Å²) < 4.78 is 72.0. The van der Waals surface area contributed by atoms with E-state index in [4.69, 9.17) is 4.74 Å². The van der Waals surface area contributed by atoms with Gasteiger partial charge in [0.05, 0.1) is 6.61 Å². The van der Waals surface area contributed by atoms with Crippen molar-refractivity contribution in [3.8, 4) is 0 Å². The highest BCUT2D eigenvalue weighted by Crippen LogP contribution is 2.27. The van der Waals surface area contributed by atoms with Gasteiger partial charge in [-0.25, -0.2) is 26.7 Å². The number of ether oxygens (including phenoxy) is 1. The van der Waals surface area contributed by atoms with E-state index in [0.717, 1.165) is 10.7 Å². The third kappa shape index (κ3) is 3.30. The van der Waals surface area contributed by atoms with Crippen LogP contribution in [0.1, 0.15) is 27.9 Å². The Morgan fingerprint density at radius 1 is 1.08 bits per heavy atom. The van der Waals surface area contributed by atoms with Crippen LogP contribution in [0.2, 0.25) is 0 Å². The molecule has 0 fully saturated rings. The number of aromatic nitrogens is 2. The third-order valence-corrected chi connectivity index (χ3v) is 3.05. The second-order valence-corrected chi connectivity index (χ2v) is 4.66. The molecule has 25 heavy (non-hydrogen) atoms. The molecule has 0 saturated carbocycles. The summed E-state index contributed by atoms with van der Waals surface area (Å²) in [5.74, 6) is -13.3. The molecular weight excluding hydrogens is 353 g/mol. The van der Waals surface area contributed by atoms with Gasteiger partial charge in [-0.2, -0.15) is 5.10 Å². The van der Waals surface area contributed by atoms with Gasteiger partial charge in [0.2, 0.25) is 5.82 Å². The number of nitrogens with zero attached hydrogens (tertiary/aromatic N) is 2. The van der Waals surface area contributed by atoms with Crippen LogP contribution in [0.15, 0.2) is 6.07 Å². The number of aryl methyl sites for hydroxylation is 1. The standard InChI is InChI=1S/C14H10F5N3O3/c1-3-25-14(24)6-4-5(21-22(6)2)13(23)20-12-10(18)8(16)7(15)9(17)11(12)19/h4H,3H2,1-2H3,(H,20,23). The molecule has 1 heterocycles. The van der Waals surface area contributed by atoms with Gasteiger partial charge in [0.15, 0.2) is 29.0 Å². The van der Waals surface area contributed by atoms with Crippen molar-refractivity contribution in [1.29, 1.82) is 0 Å². The molecule has 1 aromatic heterocycles. The minimum atomic E-state index is -2.35. The van der Waals surface area contributed by atoms with E-state index in [1.807, 2.05) is 0 Å². The lowest BCUT2D eigenvalue weighted by Gasteiger charge is -2.08. The van der Waals surface area contributed by atoms with Gasteiger partial charge in [-0.15, -0.1) is 0 Å². The molecule has 6 nitrogen and oxygen atoms in total. The van der Waals surface area contributed by atoms with E-state index in [1.54, 1.807) is 12.2 Å². The van der Waals surface area contributed by atoms with Crippen LogP contribution < -0.4 is 5.32 Å². The molecule has 0 saturated heterocycles. The van der Waals surface area contributed by atoms with E-state index >= 15 is 0 Å². The molecule has 0 unspecified atom stereocenters. The maximum Gasteiger partial charge on any atom is 0.356 e. The quantitative estimate of drug-likeness (QED) is 0.392. The molecule has 0 aliphatic carbocycles. The van der Waals surface area contributed by atoms with Gasteiger partial charge >= 0.3 is 5.97 Å². The van der Waals surface area contributed by atoms with Gasteiger partial charge in [-0.05, 0) is 6.92 Å². The molecule has 2 aromatic rings. The lowest BCUT2D eigenvalue weighted by Crippen LogP contribution is -2.17. The molecular formula is C14H10F5N3O3. The Morgan fingerprint density at radius 3 is 2.12 bits per heavy atom. The van der Waals surface area contributed by atoms with E-state index in [-0.39, 0.29) is 12.3 Å². The first-order valence-corrected chi connectivity index (χ1v) is 6.72. The van der Waals surface area contributed by atoms with Crippen LogP contribution in [0, 0.1) is 29.1 Å². The first-order valence-electron chi connectivity index (χ1n) is 6.72. The van der Waals surface area contributed by atoms with Crippen LogP contribution in [0.3, 0.4) is 0 Å². The zero-order valence-electron chi connectivity index (χ0n) is 12.8. The summed E-state index contributed by atoms with van der Waals surface area (Å²) in [6.07, 6.45) is 0. The van der Waals surface area contributed by atoms with Crippen LogP contribution in [0.25, 0.3) is 0 Å². The fourth-order valence-corrected chi connectivity index (χ4v) is 1.87. The highest BCUT2D eigenvalue weighted by Gasteiger charge is 2.28. The summed E-state index contributed by atoms with van der Waals surface area (Å²) >= 11 is 0. The number of esters is 1. The first-order chi connectivity index (χ1) is 11.7. The zero-order valence-corrected chi connectivity index (χ0v) is 12.8. The van der Waals surface area contributed by atoms with Gasteiger partial charge < -0.3 is 10.1 Å². The van der Waals surface area contributed by atoms with E-state index in [1.165, 1.54) is 7.05 Å². The van der Waals surface area contributed by atoms with Crippen LogP contribution in [0.5, 0.6) is 0 Å². The summed E-state index contributed by atoms with van der Waals surface area (Å²) in [6, 6.07) is 0.944. The minimum absolute atomic E-state index is 0.0517. The fourth-order valence-electron chi connectivity index (χ4n) is 1.87. The number of carbonyl (C=O) groups is 2. The van der Waals surface area contributed by atoms with E-state index in [2.05, 4.69) is 5.10 Å². The Labute approximate surface area is 137 Å². The number of rotatable bonds is 4. The maximum atomic E-state index is 13.6. The number of benzene rings is 1. The molecule has 0 spiro atoms. The number of hydrogen-bond donors (Lipinski definition) is 1. The van der Waals surface area contributed by atoms with Crippen molar-refractivity contribution in [2.24, 2.45) is 7.05 Å². The molecule has 134 valence electrons. The predicted molar refractivity (Wildman–Crippen MR) is 73.3 cm³/mol. The Balaban J connectivity index is 2.36. The van der Waals surface area contributed by atoms with Gasteiger partial charge in [0.25, 0.3) is 5.91 Å². The van der Waals surface area contributed by atoms with Gasteiger partial charge in [-0.1, -0.05) is 0 Å². The summed E-state index contributed by atoms with van der Waals surface area (Å²) in [4.78, 5) is 23.6. The average molecular weight is 363 g/mol. The van der Waals surface area contributed by atoms with Gasteiger partial charge in [-0.3, -0.25) is 9.48 Å². The summed E-state index contributed by atoms with van der Waals surface area (Å²) in [5.41, 5.74) is -2.16. The highest BCUT2D eigenvalue weighted by molar-refractivity contribution is 6.04. The smallest absolute Gasteiger partial charge is 0.356 e. The average Bonchev–Trinajstić information content (AvgIpc) is 2.97. The molecule has 11 heteroatoms. The second-order valence-electron chi connectivity index (χ2n) is 4.66. The maximum absolute atomic E-state index is 13.6. The highest BCUT2D eigenvalue weighted by atomic mass is 19.2. The molecule has 1 aromatic carbocycles. The monoisotopic (exact) mass is 363 g/mol. The Morgan fingerprint density at radius 2 is 1.60 bits per heavy atom. The van der Waals surface area contributed by atoms with Crippen molar-refractivity contribution < 1.29 is 36.3 Å². The van der Waals surface area contributed by atoms with E-state index < -0.39 is 52.3 Å². The van der Waals surface area contributed by atoms with Crippen molar-refractivity contribution in [3.05, 3.63) is 46.5 Å². The van der Waals surface area contributed by atoms with Crippen molar-refractivity contribution in [2.45, 2.75) is 6.92 Å². The summed E-state index contributed by atoms with van der Waals surface area (Å²) in [6.45, 7) is 1.60. The molecule has 0 bridgehead atoms. The van der Waals surface area contributed by atoms with Crippen LogP contribution >= 0.6 is 0 Å². The van der Waals surface area contributed by atoms with Crippen molar-refractivity contribution in [2.75, 3.05) is 11.9 Å². The summed E-state index contributed by atoms with van der Waals surface area (Å²) in [7, 11) is 1.29. The molecule has 0 aliphatic heterocycles. The predicted octanol–water partition coefficient (Wildman–Crippen LogP) is 2.54.